The monoisotopic (exact) mass is 415 g/mol. The van der Waals surface area contributed by atoms with Crippen molar-refractivity contribution in [2.75, 3.05) is 46.4 Å². The van der Waals surface area contributed by atoms with Crippen molar-refractivity contribution in [2.24, 2.45) is 0 Å². The quantitative estimate of drug-likeness (QED) is 0.392. The Morgan fingerprint density at radius 1 is 1.13 bits per heavy atom. The van der Waals surface area contributed by atoms with Crippen molar-refractivity contribution in [3.8, 4) is 17.2 Å². The van der Waals surface area contributed by atoms with Gasteiger partial charge in [0.1, 0.15) is 29.7 Å². The van der Waals surface area contributed by atoms with Crippen LogP contribution in [0.1, 0.15) is 5.56 Å². The highest BCUT2D eigenvalue weighted by Crippen LogP contribution is 2.30. The lowest BCUT2D eigenvalue weighted by atomic mass is 10.1. The molecule has 0 spiro atoms. The van der Waals surface area contributed by atoms with Crippen molar-refractivity contribution in [1.82, 2.24) is 15.3 Å². The van der Waals surface area contributed by atoms with Crippen molar-refractivity contribution in [2.45, 2.75) is 0 Å². The van der Waals surface area contributed by atoms with Gasteiger partial charge in [-0.25, -0.2) is 9.87 Å². The molecule has 1 aliphatic heterocycles. The Morgan fingerprint density at radius 2 is 1.83 bits per heavy atom. The maximum atomic E-state index is 13.2. The SMILES string of the molecule is CN1CCN(CCOc2ccc(/C=C/C(=O)NO)c(Oc3ccc(F)cc3)c2)CC1. The normalized spacial score (nSPS) is 15.3. The number of ether oxygens (including phenoxy) is 2. The van der Waals surface area contributed by atoms with E-state index in [4.69, 9.17) is 14.7 Å². The summed E-state index contributed by atoms with van der Waals surface area (Å²) in [6.07, 6.45) is 2.69. The van der Waals surface area contributed by atoms with Gasteiger partial charge in [0.2, 0.25) is 0 Å². The molecule has 3 rings (SSSR count). The van der Waals surface area contributed by atoms with Crippen molar-refractivity contribution >= 4 is 12.0 Å². The van der Waals surface area contributed by atoms with Gasteiger partial charge in [-0.1, -0.05) is 0 Å². The molecule has 0 aliphatic carbocycles. The number of amides is 1. The fourth-order valence-corrected chi connectivity index (χ4v) is 3.03. The lowest BCUT2D eigenvalue weighted by Gasteiger charge is -2.32. The number of halogens is 1. The minimum atomic E-state index is -0.657. The predicted octanol–water partition coefficient (Wildman–Crippen LogP) is 2.76. The van der Waals surface area contributed by atoms with Crippen LogP contribution in [0, 0.1) is 5.82 Å². The topological polar surface area (TPSA) is 74.3 Å². The predicted molar refractivity (Wildman–Crippen MR) is 111 cm³/mol. The summed E-state index contributed by atoms with van der Waals surface area (Å²) in [5.41, 5.74) is 2.15. The molecule has 1 heterocycles. The van der Waals surface area contributed by atoms with Gasteiger partial charge in [-0.05, 0) is 49.5 Å². The average molecular weight is 415 g/mol. The number of carbonyl (C=O) groups is 1. The van der Waals surface area contributed by atoms with Crippen molar-refractivity contribution in [3.63, 3.8) is 0 Å². The summed E-state index contributed by atoms with van der Waals surface area (Å²) in [6.45, 7) is 5.53. The van der Waals surface area contributed by atoms with Crippen LogP contribution in [0.3, 0.4) is 0 Å². The van der Waals surface area contributed by atoms with E-state index in [0.29, 0.717) is 29.4 Å². The van der Waals surface area contributed by atoms with E-state index >= 15 is 0 Å². The first kappa shape index (κ1) is 21.8. The van der Waals surface area contributed by atoms with Crippen LogP contribution in [0.4, 0.5) is 4.39 Å². The molecule has 1 fully saturated rings. The fourth-order valence-electron chi connectivity index (χ4n) is 3.03. The molecule has 2 aromatic rings. The second-order valence-corrected chi connectivity index (χ2v) is 7.06. The van der Waals surface area contributed by atoms with Crippen LogP contribution in [-0.2, 0) is 4.79 Å². The molecule has 160 valence electrons. The van der Waals surface area contributed by atoms with Crippen LogP contribution < -0.4 is 15.0 Å². The minimum Gasteiger partial charge on any atom is -0.492 e. The molecule has 1 amide bonds. The number of rotatable bonds is 8. The van der Waals surface area contributed by atoms with Gasteiger partial charge < -0.3 is 14.4 Å². The van der Waals surface area contributed by atoms with Crippen molar-refractivity contribution in [3.05, 3.63) is 59.9 Å². The van der Waals surface area contributed by atoms with E-state index in [1.165, 1.54) is 36.4 Å². The van der Waals surface area contributed by atoms with Crippen molar-refractivity contribution in [1.29, 1.82) is 0 Å². The van der Waals surface area contributed by atoms with E-state index in [1.807, 2.05) is 0 Å². The maximum Gasteiger partial charge on any atom is 0.267 e. The molecule has 30 heavy (non-hydrogen) atoms. The molecule has 8 heteroatoms. The highest BCUT2D eigenvalue weighted by Gasteiger charge is 2.13. The molecule has 2 aromatic carbocycles. The van der Waals surface area contributed by atoms with E-state index in [0.717, 1.165) is 32.7 Å². The standard InChI is InChI=1S/C22H26FN3O4/c1-25-10-12-26(13-11-25)14-15-29-20-6-2-17(3-9-22(27)24-28)21(16-20)30-19-7-4-18(23)5-8-19/h2-9,16,28H,10-15H2,1H3,(H,24,27)/b9-3+. The van der Waals surface area contributed by atoms with E-state index in [-0.39, 0.29) is 5.82 Å². The van der Waals surface area contributed by atoms with Crippen LogP contribution in [0.15, 0.2) is 48.5 Å². The van der Waals surface area contributed by atoms with Gasteiger partial charge in [-0.3, -0.25) is 14.9 Å². The lowest BCUT2D eigenvalue weighted by molar-refractivity contribution is -0.124. The zero-order valence-electron chi connectivity index (χ0n) is 16.9. The molecule has 1 saturated heterocycles. The number of nitrogens with one attached hydrogen (secondary N) is 1. The molecule has 0 bridgehead atoms. The van der Waals surface area contributed by atoms with Gasteiger partial charge in [-0.2, -0.15) is 0 Å². The molecule has 0 aromatic heterocycles. The summed E-state index contributed by atoms with van der Waals surface area (Å²) in [5, 5.41) is 8.66. The first-order valence-electron chi connectivity index (χ1n) is 9.77. The number of hydroxylamine groups is 1. The summed E-state index contributed by atoms with van der Waals surface area (Å²) in [5.74, 6) is 0.510. The summed E-state index contributed by atoms with van der Waals surface area (Å²) in [6, 6.07) is 10.9. The Balaban J connectivity index is 1.68. The molecule has 1 aliphatic rings. The van der Waals surface area contributed by atoms with Gasteiger partial charge in [-0.15, -0.1) is 0 Å². The highest BCUT2D eigenvalue weighted by atomic mass is 19.1. The molecule has 0 saturated carbocycles. The van der Waals surface area contributed by atoms with Gasteiger partial charge in [0.25, 0.3) is 5.91 Å². The molecule has 0 radical (unpaired) electrons. The first-order chi connectivity index (χ1) is 14.5. The van der Waals surface area contributed by atoms with Crippen molar-refractivity contribution < 1.29 is 23.9 Å². The fraction of sp³-hybridized carbons (Fsp3) is 0.318. The molecule has 2 N–H and O–H groups in total. The molecular formula is C22H26FN3O4. The van der Waals surface area contributed by atoms with E-state index in [1.54, 1.807) is 23.7 Å². The number of hydrogen-bond acceptors (Lipinski definition) is 6. The Hall–Kier alpha value is -2.94. The third-order valence-corrected chi connectivity index (χ3v) is 4.82. The number of carbonyl (C=O) groups excluding carboxylic acids is 1. The van der Waals surface area contributed by atoms with E-state index in [9.17, 15) is 9.18 Å². The molecule has 7 nitrogen and oxygen atoms in total. The summed E-state index contributed by atoms with van der Waals surface area (Å²) >= 11 is 0. The van der Waals surface area contributed by atoms with Crippen LogP contribution in [0.25, 0.3) is 6.08 Å². The zero-order valence-corrected chi connectivity index (χ0v) is 16.9. The van der Waals surface area contributed by atoms with Crippen LogP contribution >= 0.6 is 0 Å². The third-order valence-electron chi connectivity index (χ3n) is 4.82. The number of nitrogens with zero attached hydrogens (tertiary/aromatic N) is 2. The second-order valence-electron chi connectivity index (χ2n) is 7.06. The summed E-state index contributed by atoms with van der Waals surface area (Å²) < 4.78 is 24.9. The first-order valence-corrected chi connectivity index (χ1v) is 9.77. The maximum absolute atomic E-state index is 13.2. The third kappa shape index (κ3) is 6.55. The number of piperazine rings is 1. The lowest BCUT2D eigenvalue weighted by Crippen LogP contribution is -2.45. The number of benzene rings is 2. The minimum absolute atomic E-state index is 0.358. The van der Waals surface area contributed by atoms with Gasteiger partial charge >= 0.3 is 0 Å². The Morgan fingerprint density at radius 3 is 2.53 bits per heavy atom. The van der Waals surface area contributed by atoms with E-state index in [2.05, 4.69) is 16.8 Å². The van der Waals surface area contributed by atoms with Crippen LogP contribution in [0.5, 0.6) is 17.2 Å². The average Bonchev–Trinajstić information content (AvgIpc) is 2.76. The largest absolute Gasteiger partial charge is 0.492 e. The highest BCUT2D eigenvalue weighted by molar-refractivity contribution is 5.91. The Bertz CT molecular complexity index is 865. The smallest absolute Gasteiger partial charge is 0.267 e. The molecule has 0 unspecified atom stereocenters. The number of likely N-dealkylation sites (N-methyl/N-ethyl adjacent to an activating group) is 1. The van der Waals surface area contributed by atoms with E-state index < -0.39 is 5.91 Å². The summed E-state index contributed by atoms with van der Waals surface area (Å²) in [4.78, 5) is 16.0. The van der Waals surface area contributed by atoms with Gasteiger partial charge in [0, 0.05) is 50.4 Å². The van der Waals surface area contributed by atoms with Gasteiger partial charge in [0.15, 0.2) is 0 Å². The van der Waals surface area contributed by atoms with Crippen LogP contribution in [-0.4, -0.2) is 67.3 Å². The molecular weight excluding hydrogens is 389 g/mol. The van der Waals surface area contributed by atoms with Gasteiger partial charge in [0.05, 0.1) is 0 Å². The zero-order chi connectivity index (χ0) is 21.3. The molecule has 0 atom stereocenters. The van der Waals surface area contributed by atoms with Crippen LogP contribution in [0.2, 0.25) is 0 Å². The number of hydrogen-bond donors (Lipinski definition) is 2. The Labute approximate surface area is 175 Å². The Kier molecular flexibility index (Phi) is 7.78. The summed E-state index contributed by atoms with van der Waals surface area (Å²) in [7, 11) is 2.12. The second kappa shape index (κ2) is 10.7.